The van der Waals surface area contributed by atoms with Gasteiger partial charge in [-0.25, -0.2) is 16.8 Å². The maximum Gasteiger partial charge on any atom is 2.00 e. The van der Waals surface area contributed by atoms with Crippen molar-refractivity contribution in [1.82, 2.24) is 0 Å². The van der Waals surface area contributed by atoms with Gasteiger partial charge in [0.25, 0.3) is 0 Å². The van der Waals surface area contributed by atoms with Crippen molar-refractivity contribution in [2.24, 2.45) is 0 Å². The van der Waals surface area contributed by atoms with Gasteiger partial charge < -0.3 is 9.11 Å². The average molecular weight is 679 g/mol. The van der Waals surface area contributed by atoms with Gasteiger partial charge in [0.2, 0.25) is 0 Å². The van der Waals surface area contributed by atoms with E-state index in [1.54, 1.807) is 12.1 Å². The first-order valence-corrected chi connectivity index (χ1v) is 18.8. The molecule has 0 aromatic heterocycles. The van der Waals surface area contributed by atoms with Gasteiger partial charge in [0.15, 0.2) is 0 Å². The molecule has 0 atom stereocenters. The predicted octanol–water partition coefficient (Wildman–Crippen LogP) is 8.48. The molecule has 45 heavy (non-hydrogen) atoms. The third-order valence-corrected chi connectivity index (χ3v) is 9.64. The Labute approximate surface area is 300 Å². The van der Waals surface area contributed by atoms with Crippen LogP contribution in [0.2, 0.25) is 0 Å². The van der Waals surface area contributed by atoms with Crippen LogP contribution in [0, 0.1) is 0 Å². The van der Waals surface area contributed by atoms with E-state index >= 15 is 0 Å². The van der Waals surface area contributed by atoms with E-state index in [1.165, 1.54) is 23.3 Å². The standard InChI is InChI=1S/2C18H24O3S.Ca/c2*1-3-5-8-14-10-7-11-16-13-17(22(19,20)21)12-15(18(14)16)9-6-4-2;/h2*7,10-13H,3-6,8-9H2,1-2H3,(H,19,20,21);/q;;+2/p-2. The second kappa shape index (κ2) is 18.7. The van der Waals surface area contributed by atoms with Crippen molar-refractivity contribution in [3.05, 3.63) is 82.9 Å². The van der Waals surface area contributed by atoms with Gasteiger partial charge in [-0.05, 0) is 119 Å². The number of rotatable bonds is 14. The van der Waals surface area contributed by atoms with E-state index in [2.05, 4.69) is 39.8 Å². The maximum atomic E-state index is 11.4. The van der Waals surface area contributed by atoms with Gasteiger partial charge >= 0.3 is 37.7 Å². The van der Waals surface area contributed by atoms with Gasteiger partial charge in [0, 0.05) is 0 Å². The fourth-order valence-electron chi connectivity index (χ4n) is 5.71. The van der Waals surface area contributed by atoms with E-state index in [0.717, 1.165) is 110 Å². The molecule has 4 rings (SSSR count). The largest absolute Gasteiger partial charge is 2.00 e. The first-order chi connectivity index (χ1) is 20.9. The van der Waals surface area contributed by atoms with Crippen LogP contribution in [0.15, 0.2) is 70.5 Å². The zero-order valence-corrected chi connectivity index (χ0v) is 31.1. The van der Waals surface area contributed by atoms with E-state index in [0.29, 0.717) is 0 Å². The maximum absolute atomic E-state index is 11.4. The topological polar surface area (TPSA) is 114 Å². The molecule has 0 unspecified atom stereocenters. The van der Waals surface area contributed by atoms with Gasteiger partial charge in [-0.1, -0.05) is 89.8 Å². The van der Waals surface area contributed by atoms with Crippen LogP contribution >= 0.6 is 0 Å². The van der Waals surface area contributed by atoms with Crippen molar-refractivity contribution in [1.29, 1.82) is 0 Å². The molecule has 0 saturated carbocycles. The Balaban J connectivity index is 0.000000307. The third kappa shape index (κ3) is 11.3. The SMILES string of the molecule is CCCCc1cccc2cc(S(=O)(=O)[O-])cc(CCCC)c12.CCCCc1cccc2cc(S(=O)(=O)[O-])cc(CCCC)c12.[Ca+2]. The number of hydrogen-bond acceptors (Lipinski definition) is 6. The molecular weight excluding hydrogens is 633 g/mol. The summed E-state index contributed by atoms with van der Waals surface area (Å²) in [6.45, 7) is 8.53. The van der Waals surface area contributed by atoms with E-state index < -0.39 is 20.2 Å². The summed E-state index contributed by atoms with van der Waals surface area (Å²) in [5.74, 6) is 0. The minimum Gasteiger partial charge on any atom is -0.744 e. The molecule has 0 fully saturated rings. The molecule has 0 aliphatic carbocycles. The molecule has 0 aliphatic rings. The Morgan fingerprint density at radius 2 is 0.800 bits per heavy atom. The van der Waals surface area contributed by atoms with Gasteiger partial charge in [0.1, 0.15) is 20.2 Å². The molecule has 0 bridgehead atoms. The van der Waals surface area contributed by atoms with E-state index in [4.69, 9.17) is 0 Å². The second-order valence-corrected chi connectivity index (χ2v) is 14.3. The second-order valence-electron chi connectivity index (χ2n) is 11.5. The first kappa shape index (κ1) is 39.7. The quantitative estimate of drug-likeness (QED) is 0.0976. The van der Waals surface area contributed by atoms with Crippen molar-refractivity contribution in [2.75, 3.05) is 0 Å². The summed E-state index contributed by atoms with van der Waals surface area (Å²) in [7, 11) is -8.84. The number of benzene rings is 4. The van der Waals surface area contributed by atoms with Gasteiger partial charge in [-0.2, -0.15) is 0 Å². The Kier molecular flexibility index (Phi) is 16.5. The summed E-state index contributed by atoms with van der Waals surface area (Å²) in [5, 5.41) is 3.99. The molecule has 4 aromatic carbocycles. The van der Waals surface area contributed by atoms with Crippen molar-refractivity contribution >= 4 is 79.5 Å². The summed E-state index contributed by atoms with van der Waals surface area (Å²) in [6, 6.07) is 18.1. The van der Waals surface area contributed by atoms with Crippen molar-refractivity contribution < 1.29 is 25.9 Å². The minimum absolute atomic E-state index is 0. The third-order valence-electron chi connectivity index (χ3n) is 8.01. The van der Waals surface area contributed by atoms with Crippen LogP contribution in [0.25, 0.3) is 21.5 Å². The summed E-state index contributed by atoms with van der Waals surface area (Å²) >= 11 is 0. The molecular formula is C36H46CaO6S2. The zero-order chi connectivity index (χ0) is 32.3. The molecule has 0 heterocycles. The molecule has 4 aromatic rings. The monoisotopic (exact) mass is 678 g/mol. The van der Waals surface area contributed by atoms with E-state index in [-0.39, 0.29) is 47.5 Å². The van der Waals surface area contributed by atoms with E-state index in [9.17, 15) is 25.9 Å². The molecule has 0 N–H and O–H groups in total. The van der Waals surface area contributed by atoms with Crippen molar-refractivity contribution in [2.45, 2.75) is 115 Å². The molecule has 0 saturated heterocycles. The van der Waals surface area contributed by atoms with Crippen LogP contribution < -0.4 is 0 Å². The van der Waals surface area contributed by atoms with Gasteiger partial charge in [-0.3, -0.25) is 0 Å². The van der Waals surface area contributed by atoms with Crippen LogP contribution in [0.4, 0.5) is 0 Å². The summed E-state index contributed by atoms with van der Waals surface area (Å²) in [5.41, 5.74) is 4.47. The van der Waals surface area contributed by atoms with Crippen LogP contribution in [0.5, 0.6) is 0 Å². The van der Waals surface area contributed by atoms with Gasteiger partial charge in [0.05, 0.1) is 9.79 Å². The molecule has 240 valence electrons. The summed E-state index contributed by atoms with van der Waals surface area (Å²) < 4.78 is 68.4. The fourth-order valence-corrected chi connectivity index (χ4v) is 6.83. The smallest absolute Gasteiger partial charge is 0.744 e. The Bertz CT molecular complexity index is 1630. The normalized spacial score (nSPS) is 11.7. The van der Waals surface area contributed by atoms with Crippen LogP contribution in [0.3, 0.4) is 0 Å². The number of unbranched alkanes of at least 4 members (excludes halogenated alkanes) is 4. The van der Waals surface area contributed by atoms with Crippen LogP contribution in [-0.4, -0.2) is 63.7 Å². The van der Waals surface area contributed by atoms with Crippen LogP contribution in [-0.2, 0) is 45.9 Å². The summed E-state index contributed by atoms with van der Waals surface area (Å²) in [6.07, 6.45) is 12.1. The molecule has 0 radical (unpaired) electrons. The van der Waals surface area contributed by atoms with Crippen LogP contribution in [0.1, 0.15) is 101 Å². The summed E-state index contributed by atoms with van der Waals surface area (Å²) in [4.78, 5) is -0.225. The van der Waals surface area contributed by atoms with Crippen molar-refractivity contribution in [3.8, 4) is 0 Å². The predicted molar refractivity (Wildman–Crippen MR) is 184 cm³/mol. The van der Waals surface area contributed by atoms with E-state index in [1.807, 2.05) is 24.3 Å². The minimum atomic E-state index is -4.42. The number of fused-ring (bicyclic) bond motifs is 2. The Morgan fingerprint density at radius 1 is 0.489 bits per heavy atom. The first-order valence-electron chi connectivity index (χ1n) is 15.9. The Morgan fingerprint density at radius 3 is 1.09 bits per heavy atom. The van der Waals surface area contributed by atoms with Crippen molar-refractivity contribution in [3.63, 3.8) is 0 Å². The molecule has 9 heteroatoms. The fraction of sp³-hybridized carbons (Fsp3) is 0.444. The molecule has 0 amide bonds. The van der Waals surface area contributed by atoms with Gasteiger partial charge in [-0.15, -0.1) is 0 Å². The molecule has 0 spiro atoms. The zero-order valence-electron chi connectivity index (χ0n) is 27.2. The number of hydrogen-bond donors (Lipinski definition) is 0. The average Bonchev–Trinajstić information content (AvgIpc) is 2.99. The molecule has 0 aliphatic heterocycles. The number of aryl methyl sites for hydroxylation is 4. The molecule has 6 nitrogen and oxygen atoms in total. The Hall–Kier alpha value is -1.52.